The maximum Gasteiger partial charge on any atom is 0.321 e. The standard InChI is InChI=1S/C20H20ClN5O3/c21-14-4-6-15(7-5-14)24-19(28)26-10-2-8-20(13-26)11-17(25-29-20)18(27)23-16-3-1-9-22-12-16/h1,3-7,9,12H,2,8,10-11,13H2,(H,23,27)(H,24,28). The summed E-state index contributed by atoms with van der Waals surface area (Å²) in [7, 11) is 0. The maximum absolute atomic E-state index is 12.7. The van der Waals surface area contributed by atoms with Crippen LogP contribution in [0.1, 0.15) is 19.3 Å². The van der Waals surface area contributed by atoms with Gasteiger partial charge in [-0.3, -0.25) is 9.78 Å². The second kappa shape index (κ2) is 8.08. The van der Waals surface area contributed by atoms with Gasteiger partial charge < -0.3 is 20.4 Å². The van der Waals surface area contributed by atoms with E-state index in [0.717, 1.165) is 12.8 Å². The van der Waals surface area contributed by atoms with E-state index in [4.69, 9.17) is 16.4 Å². The molecule has 4 rings (SSSR count). The quantitative estimate of drug-likeness (QED) is 0.804. The summed E-state index contributed by atoms with van der Waals surface area (Å²) in [6.45, 7) is 0.974. The van der Waals surface area contributed by atoms with Crippen molar-refractivity contribution < 1.29 is 14.4 Å². The van der Waals surface area contributed by atoms with E-state index in [0.29, 0.717) is 41.6 Å². The molecule has 9 heteroatoms. The van der Waals surface area contributed by atoms with Crippen molar-refractivity contribution in [2.24, 2.45) is 5.16 Å². The predicted octanol–water partition coefficient (Wildman–Crippen LogP) is 3.52. The van der Waals surface area contributed by atoms with Gasteiger partial charge in [-0.05, 0) is 49.2 Å². The number of piperidine rings is 1. The summed E-state index contributed by atoms with van der Waals surface area (Å²) >= 11 is 5.88. The van der Waals surface area contributed by atoms with Crippen LogP contribution in [0.2, 0.25) is 5.02 Å². The Balaban J connectivity index is 1.36. The van der Waals surface area contributed by atoms with Crippen LogP contribution in [0.5, 0.6) is 0 Å². The summed E-state index contributed by atoms with van der Waals surface area (Å²) in [6, 6.07) is 10.2. The van der Waals surface area contributed by atoms with Crippen LogP contribution in [0.25, 0.3) is 0 Å². The average Bonchev–Trinajstić information content (AvgIpc) is 3.14. The molecular formula is C20H20ClN5O3. The van der Waals surface area contributed by atoms with Gasteiger partial charge in [0.05, 0.1) is 18.4 Å². The number of pyridine rings is 1. The minimum absolute atomic E-state index is 0.219. The number of nitrogens with one attached hydrogen (secondary N) is 2. The highest BCUT2D eigenvalue weighted by molar-refractivity contribution is 6.43. The zero-order valence-electron chi connectivity index (χ0n) is 15.6. The molecule has 1 spiro atoms. The first-order chi connectivity index (χ1) is 14.0. The van der Waals surface area contributed by atoms with Gasteiger partial charge in [0.1, 0.15) is 5.71 Å². The number of rotatable bonds is 3. The number of halogens is 1. The Labute approximate surface area is 172 Å². The van der Waals surface area contributed by atoms with Crippen LogP contribution in [0.3, 0.4) is 0 Å². The third kappa shape index (κ3) is 4.48. The van der Waals surface area contributed by atoms with Gasteiger partial charge in [0, 0.05) is 29.9 Å². The molecule has 2 N–H and O–H groups in total. The third-order valence-electron chi connectivity index (χ3n) is 4.94. The zero-order valence-corrected chi connectivity index (χ0v) is 16.4. The first-order valence-corrected chi connectivity index (χ1v) is 9.69. The zero-order chi connectivity index (χ0) is 20.3. The van der Waals surface area contributed by atoms with Crippen molar-refractivity contribution in [2.45, 2.75) is 24.9 Å². The van der Waals surface area contributed by atoms with E-state index in [2.05, 4.69) is 20.8 Å². The van der Waals surface area contributed by atoms with Crippen LogP contribution in [0, 0.1) is 0 Å². The highest BCUT2D eigenvalue weighted by Gasteiger charge is 2.45. The van der Waals surface area contributed by atoms with Crippen LogP contribution in [0.4, 0.5) is 16.2 Å². The minimum atomic E-state index is -0.669. The molecule has 29 heavy (non-hydrogen) atoms. The van der Waals surface area contributed by atoms with Gasteiger partial charge in [0.2, 0.25) is 0 Å². The van der Waals surface area contributed by atoms with E-state index in [1.54, 1.807) is 53.7 Å². The monoisotopic (exact) mass is 413 g/mol. The molecule has 3 amide bonds. The summed E-state index contributed by atoms with van der Waals surface area (Å²) in [5.74, 6) is -0.322. The number of carbonyl (C=O) groups is 2. The Bertz CT molecular complexity index is 935. The summed E-state index contributed by atoms with van der Waals surface area (Å²) < 4.78 is 0. The van der Waals surface area contributed by atoms with Crippen LogP contribution in [-0.2, 0) is 9.63 Å². The number of benzene rings is 1. The lowest BCUT2D eigenvalue weighted by Gasteiger charge is -2.38. The molecule has 0 bridgehead atoms. The normalized spacial score (nSPS) is 20.7. The van der Waals surface area contributed by atoms with Gasteiger partial charge in [-0.25, -0.2) is 4.79 Å². The van der Waals surface area contributed by atoms with Crippen molar-refractivity contribution in [2.75, 3.05) is 23.7 Å². The predicted molar refractivity (Wildman–Crippen MR) is 110 cm³/mol. The van der Waals surface area contributed by atoms with Gasteiger partial charge >= 0.3 is 6.03 Å². The topological polar surface area (TPSA) is 95.9 Å². The number of hydrogen-bond acceptors (Lipinski definition) is 5. The molecule has 8 nitrogen and oxygen atoms in total. The lowest BCUT2D eigenvalue weighted by atomic mass is 9.88. The molecular weight excluding hydrogens is 394 g/mol. The largest absolute Gasteiger partial charge is 0.386 e. The van der Waals surface area contributed by atoms with Crippen molar-refractivity contribution >= 4 is 40.6 Å². The van der Waals surface area contributed by atoms with E-state index in [9.17, 15) is 9.59 Å². The minimum Gasteiger partial charge on any atom is -0.386 e. The molecule has 0 radical (unpaired) electrons. The SMILES string of the molecule is O=C(Nc1cccnc1)C1=NOC2(CCCN(C(=O)Nc3ccc(Cl)cc3)C2)C1. The second-order valence-corrected chi connectivity index (χ2v) is 7.58. The molecule has 1 fully saturated rings. The van der Waals surface area contributed by atoms with E-state index < -0.39 is 5.60 Å². The summed E-state index contributed by atoms with van der Waals surface area (Å²) in [5.41, 5.74) is 0.902. The lowest BCUT2D eigenvalue weighted by molar-refractivity contribution is -0.110. The number of nitrogens with zero attached hydrogens (tertiary/aromatic N) is 3. The Morgan fingerprint density at radius 1 is 1.14 bits per heavy atom. The van der Waals surface area contributed by atoms with Gasteiger partial charge in [-0.1, -0.05) is 16.8 Å². The molecule has 1 aromatic heterocycles. The van der Waals surface area contributed by atoms with Crippen molar-refractivity contribution in [1.29, 1.82) is 0 Å². The number of carbonyl (C=O) groups excluding carboxylic acids is 2. The highest BCUT2D eigenvalue weighted by Crippen LogP contribution is 2.34. The third-order valence-corrected chi connectivity index (χ3v) is 5.19. The molecule has 2 aliphatic heterocycles. The van der Waals surface area contributed by atoms with Gasteiger partial charge in [0.15, 0.2) is 5.60 Å². The summed E-state index contributed by atoms with van der Waals surface area (Å²) in [4.78, 5) is 36.5. The number of oxime groups is 1. The molecule has 1 atom stereocenters. The van der Waals surface area contributed by atoms with Gasteiger partial charge in [0.25, 0.3) is 5.91 Å². The van der Waals surface area contributed by atoms with Gasteiger partial charge in [-0.15, -0.1) is 0 Å². The van der Waals surface area contributed by atoms with E-state index in [1.807, 2.05) is 0 Å². The van der Waals surface area contributed by atoms with Crippen LogP contribution < -0.4 is 10.6 Å². The number of aromatic nitrogens is 1. The fourth-order valence-electron chi connectivity index (χ4n) is 3.51. The Morgan fingerprint density at radius 2 is 1.97 bits per heavy atom. The molecule has 1 aromatic carbocycles. The van der Waals surface area contributed by atoms with Crippen molar-refractivity contribution in [3.63, 3.8) is 0 Å². The van der Waals surface area contributed by atoms with Crippen LogP contribution >= 0.6 is 11.6 Å². The number of hydrogen-bond donors (Lipinski definition) is 2. The fourth-order valence-corrected chi connectivity index (χ4v) is 3.64. The molecule has 1 saturated heterocycles. The molecule has 1 unspecified atom stereocenters. The second-order valence-electron chi connectivity index (χ2n) is 7.15. The van der Waals surface area contributed by atoms with E-state index in [-0.39, 0.29) is 11.9 Å². The van der Waals surface area contributed by atoms with E-state index >= 15 is 0 Å². The fraction of sp³-hybridized carbons (Fsp3) is 0.300. The Kier molecular flexibility index (Phi) is 5.35. The summed E-state index contributed by atoms with van der Waals surface area (Å²) in [5, 5.41) is 10.2. The van der Waals surface area contributed by atoms with Crippen molar-refractivity contribution in [3.8, 4) is 0 Å². The first-order valence-electron chi connectivity index (χ1n) is 9.31. The number of amides is 3. The maximum atomic E-state index is 12.7. The smallest absolute Gasteiger partial charge is 0.321 e. The number of urea groups is 1. The average molecular weight is 414 g/mol. The van der Waals surface area contributed by atoms with Crippen molar-refractivity contribution in [1.82, 2.24) is 9.88 Å². The number of likely N-dealkylation sites (tertiary alicyclic amines) is 1. The molecule has 2 aliphatic rings. The Hall–Kier alpha value is -3.13. The van der Waals surface area contributed by atoms with Crippen LogP contribution in [0.15, 0.2) is 53.9 Å². The van der Waals surface area contributed by atoms with Crippen molar-refractivity contribution in [3.05, 3.63) is 53.8 Å². The lowest BCUT2D eigenvalue weighted by Crippen LogP contribution is -2.52. The van der Waals surface area contributed by atoms with Crippen LogP contribution in [-0.4, -0.2) is 46.2 Å². The summed E-state index contributed by atoms with van der Waals surface area (Å²) in [6.07, 6.45) is 5.04. The molecule has 2 aromatic rings. The molecule has 0 aliphatic carbocycles. The molecule has 150 valence electrons. The number of anilines is 2. The van der Waals surface area contributed by atoms with E-state index in [1.165, 1.54) is 0 Å². The van der Waals surface area contributed by atoms with Gasteiger partial charge in [-0.2, -0.15) is 0 Å². The Morgan fingerprint density at radius 3 is 2.72 bits per heavy atom. The molecule has 3 heterocycles. The molecule has 0 saturated carbocycles. The highest BCUT2D eigenvalue weighted by atomic mass is 35.5. The first kappa shape index (κ1) is 19.2.